The molecule has 1 heterocycles. The second-order valence-corrected chi connectivity index (χ2v) is 5.24. The van der Waals surface area contributed by atoms with Gasteiger partial charge in [-0.3, -0.25) is 9.79 Å². The van der Waals surface area contributed by atoms with Gasteiger partial charge in [-0.2, -0.15) is 0 Å². The van der Waals surface area contributed by atoms with E-state index in [0.29, 0.717) is 11.4 Å². The van der Waals surface area contributed by atoms with Gasteiger partial charge in [0.1, 0.15) is 11.7 Å². The topological polar surface area (TPSA) is 65.0 Å². The van der Waals surface area contributed by atoms with Gasteiger partial charge < -0.3 is 9.47 Å². The minimum atomic E-state index is -0.880. The number of halogens is 1. The first-order valence-electron chi connectivity index (χ1n) is 7.08. The molecule has 0 bridgehead atoms. The summed E-state index contributed by atoms with van der Waals surface area (Å²) in [5.41, 5.74) is 1.27. The fourth-order valence-electron chi connectivity index (χ4n) is 2.91. The van der Waals surface area contributed by atoms with Gasteiger partial charge in [0.15, 0.2) is 0 Å². The van der Waals surface area contributed by atoms with Crippen LogP contribution in [-0.2, 0) is 19.1 Å². The molecule has 0 saturated heterocycles. The summed E-state index contributed by atoms with van der Waals surface area (Å²) in [4.78, 5) is 28.7. The fraction of sp³-hybridized carbons (Fsp3) is 0.353. The van der Waals surface area contributed by atoms with Crippen molar-refractivity contribution >= 4 is 17.7 Å². The molecular weight excluding hydrogens is 301 g/mol. The first-order chi connectivity index (χ1) is 10.9. The fourth-order valence-corrected chi connectivity index (χ4v) is 2.91. The third-order valence-corrected chi connectivity index (χ3v) is 3.93. The number of carbonyl (C=O) groups is 2. The average molecular weight is 319 g/mol. The molecule has 0 amide bonds. The van der Waals surface area contributed by atoms with Gasteiger partial charge in [-0.15, -0.1) is 0 Å². The van der Waals surface area contributed by atoms with Crippen molar-refractivity contribution in [3.63, 3.8) is 0 Å². The molecule has 0 radical (unpaired) electrons. The van der Waals surface area contributed by atoms with E-state index in [4.69, 9.17) is 9.47 Å². The molecule has 0 spiro atoms. The Bertz CT molecular complexity index is 708. The van der Waals surface area contributed by atoms with E-state index in [-0.39, 0.29) is 11.1 Å². The van der Waals surface area contributed by atoms with E-state index >= 15 is 0 Å². The second kappa shape index (κ2) is 6.73. The summed E-state index contributed by atoms with van der Waals surface area (Å²) in [5.74, 6) is -3.44. The molecule has 2 unspecified atom stereocenters. The van der Waals surface area contributed by atoms with Crippen molar-refractivity contribution in [3.05, 3.63) is 46.9 Å². The van der Waals surface area contributed by atoms with Crippen molar-refractivity contribution in [1.29, 1.82) is 0 Å². The lowest BCUT2D eigenvalue weighted by atomic mass is 9.75. The van der Waals surface area contributed by atoms with Crippen LogP contribution >= 0.6 is 0 Å². The third kappa shape index (κ3) is 3.02. The number of methoxy groups -OCH3 is 2. The van der Waals surface area contributed by atoms with E-state index in [0.717, 1.165) is 0 Å². The predicted octanol–water partition coefficient (Wildman–Crippen LogP) is 2.62. The Morgan fingerprint density at radius 2 is 1.78 bits per heavy atom. The van der Waals surface area contributed by atoms with Gasteiger partial charge in [-0.25, -0.2) is 9.18 Å². The maximum absolute atomic E-state index is 14.3. The van der Waals surface area contributed by atoms with E-state index < -0.39 is 29.6 Å². The number of aliphatic imine (C=N–C) groups is 1. The summed E-state index contributed by atoms with van der Waals surface area (Å²) in [6.07, 6.45) is 0. The summed E-state index contributed by atoms with van der Waals surface area (Å²) in [6.45, 7) is 3.30. The number of hydrogen-bond donors (Lipinski definition) is 0. The van der Waals surface area contributed by atoms with Crippen molar-refractivity contribution in [2.24, 2.45) is 10.9 Å². The molecule has 5 nitrogen and oxygen atoms in total. The quantitative estimate of drug-likeness (QED) is 0.803. The Kier molecular flexibility index (Phi) is 4.93. The first kappa shape index (κ1) is 16.9. The summed E-state index contributed by atoms with van der Waals surface area (Å²) in [7, 11) is 2.48. The van der Waals surface area contributed by atoms with Gasteiger partial charge in [0.05, 0.1) is 19.8 Å². The van der Waals surface area contributed by atoms with E-state index in [1.54, 1.807) is 32.0 Å². The van der Waals surface area contributed by atoms with E-state index in [9.17, 15) is 14.0 Å². The zero-order valence-corrected chi connectivity index (χ0v) is 13.4. The Morgan fingerprint density at radius 1 is 1.13 bits per heavy atom. The zero-order chi connectivity index (χ0) is 17.1. The van der Waals surface area contributed by atoms with Crippen LogP contribution in [0.1, 0.15) is 25.3 Å². The van der Waals surface area contributed by atoms with E-state index in [2.05, 4.69) is 4.99 Å². The van der Waals surface area contributed by atoms with Crippen LogP contribution in [0.5, 0.6) is 0 Å². The van der Waals surface area contributed by atoms with Crippen molar-refractivity contribution < 1.29 is 23.5 Å². The molecule has 0 saturated carbocycles. The van der Waals surface area contributed by atoms with Gasteiger partial charge in [0, 0.05) is 17.3 Å². The summed E-state index contributed by atoms with van der Waals surface area (Å²) in [6, 6.07) is 6.03. The number of benzene rings is 1. The van der Waals surface area contributed by atoms with Crippen molar-refractivity contribution in [2.45, 2.75) is 19.8 Å². The van der Waals surface area contributed by atoms with Crippen LogP contribution in [0.4, 0.5) is 4.39 Å². The second-order valence-electron chi connectivity index (χ2n) is 5.24. The van der Waals surface area contributed by atoms with Gasteiger partial charge in [-0.1, -0.05) is 18.2 Å². The maximum Gasteiger partial charge on any atom is 0.336 e. The normalized spacial score (nSPS) is 20.8. The van der Waals surface area contributed by atoms with Crippen LogP contribution in [0.25, 0.3) is 0 Å². The number of esters is 2. The Hall–Kier alpha value is -2.50. The summed E-state index contributed by atoms with van der Waals surface area (Å²) in [5, 5.41) is 0. The molecule has 0 aliphatic carbocycles. The number of ether oxygens (including phenoxy) is 2. The number of nitrogens with zero attached hydrogens (tertiary/aromatic N) is 1. The SMILES string of the molecule is COC(=O)C1=C(C)N=C(C)C(C(=O)OC)C1c1ccccc1F. The van der Waals surface area contributed by atoms with Crippen LogP contribution in [0.15, 0.2) is 40.5 Å². The van der Waals surface area contributed by atoms with Crippen LogP contribution < -0.4 is 0 Å². The largest absolute Gasteiger partial charge is 0.468 e. The van der Waals surface area contributed by atoms with Gasteiger partial charge >= 0.3 is 11.9 Å². The van der Waals surface area contributed by atoms with Crippen LogP contribution in [0, 0.1) is 11.7 Å². The molecule has 6 heteroatoms. The van der Waals surface area contributed by atoms with Crippen LogP contribution in [0.2, 0.25) is 0 Å². The molecule has 2 atom stereocenters. The highest BCUT2D eigenvalue weighted by Gasteiger charge is 2.42. The summed E-state index contributed by atoms with van der Waals surface area (Å²) < 4.78 is 24.0. The van der Waals surface area contributed by atoms with Crippen LogP contribution in [-0.4, -0.2) is 31.9 Å². The van der Waals surface area contributed by atoms with Crippen molar-refractivity contribution in [3.8, 4) is 0 Å². The predicted molar refractivity (Wildman–Crippen MR) is 82.5 cm³/mol. The third-order valence-electron chi connectivity index (χ3n) is 3.93. The number of rotatable bonds is 3. The van der Waals surface area contributed by atoms with E-state index in [1.165, 1.54) is 20.3 Å². The summed E-state index contributed by atoms with van der Waals surface area (Å²) >= 11 is 0. The van der Waals surface area contributed by atoms with Gasteiger partial charge in [-0.05, 0) is 25.5 Å². The molecular formula is C17H18FNO4. The molecule has 2 rings (SSSR count). The lowest BCUT2D eigenvalue weighted by Gasteiger charge is -2.31. The number of allylic oxidation sites excluding steroid dienone is 1. The molecule has 1 aliphatic rings. The standard InChI is InChI=1S/C17H18FNO4/c1-9-13(16(20)22-3)15(11-7-5-6-8-12(11)18)14(10(2)19-9)17(21)23-4/h5-8,13,15H,1-4H3. The highest BCUT2D eigenvalue weighted by atomic mass is 19.1. The lowest BCUT2D eigenvalue weighted by molar-refractivity contribution is -0.143. The number of carbonyl (C=O) groups excluding carboxylic acids is 2. The monoisotopic (exact) mass is 319 g/mol. The van der Waals surface area contributed by atoms with Gasteiger partial charge in [0.25, 0.3) is 0 Å². The maximum atomic E-state index is 14.3. The van der Waals surface area contributed by atoms with Crippen molar-refractivity contribution in [2.75, 3.05) is 14.2 Å². The molecule has 0 aromatic heterocycles. The molecule has 122 valence electrons. The highest BCUT2D eigenvalue weighted by molar-refractivity contribution is 6.06. The Balaban J connectivity index is 2.71. The highest BCUT2D eigenvalue weighted by Crippen LogP contribution is 2.40. The molecule has 0 fully saturated rings. The number of hydrogen-bond acceptors (Lipinski definition) is 5. The average Bonchev–Trinajstić information content (AvgIpc) is 2.53. The van der Waals surface area contributed by atoms with Crippen molar-refractivity contribution in [1.82, 2.24) is 0 Å². The molecule has 23 heavy (non-hydrogen) atoms. The molecule has 0 N–H and O–H groups in total. The minimum Gasteiger partial charge on any atom is -0.468 e. The molecule has 1 aromatic carbocycles. The minimum absolute atomic E-state index is 0.165. The first-order valence-corrected chi connectivity index (χ1v) is 7.08. The molecule has 1 aromatic rings. The Labute approximate surface area is 133 Å². The van der Waals surface area contributed by atoms with Crippen LogP contribution in [0.3, 0.4) is 0 Å². The molecule has 1 aliphatic heterocycles. The Morgan fingerprint density at radius 3 is 2.35 bits per heavy atom. The van der Waals surface area contributed by atoms with E-state index in [1.807, 2.05) is 0 Å². The lowest BCUT2D eigenvalue weighted by Crippen LogP contribution is -2.36. The van der Waals surface area contributed by atoms with Gasteiger partial charge in [0.2, 0.25) is 0 Å². The zero-order valence-electron chi connectivity index (χ0n) is 13.4. The smallest absolute Gasteiger partial charge is 0.336 e.